The maximum atomic E-state index is 13.3. The molecule has 30 heavy (non-hydrogen) atoms. The maximum Gasteiger partial charge on any atom is 0.261 e. The quantitative estimate of drug-likeness (QED) is 0.463. The molecule has 0 saturated carbocycles. The van der Waals surface area contributed by atoms with Crippen LogP contribution in [0.3, 0.4) is 0 Å². The first kappa shape index (κ1) is 24.1. The summed E-state index contributed by atoms with van der Waals surface area (Å²) in [6.45, 7) is 5.79. The van der Waals surface area contributed by atoms with Gasteiger partial charge in [0.1, 0.15) is 17.6 Å². The molecule has 2 rings (SSSR count). The average Bonchev–Trinajstić information content (AvgIpc) is 2.74. The number of hydrogen-bond acceptors (Lipinski definition) is 3. The number of halogens is 2. The third kappa shape index (κ3) is 7.27. The zero-order valence-electron chi connectivity index (χ0n) is 17.5. The monoisotopic (exact) mass is 526 g/mol. The van der Waals surface area contributed by atoms with Crippen LogP contribution in [0, 0.1) is 9.39 Å². The van der Waals surface area contributed by atoms with Crippen molar-refractivity contribution in [2.75, 3.05) is 6.61 Å². The molecule has 0 fully saturated rings. The summed E-state index contributed by atoms with van der Waals surface area (Å²) in [5.74, 6) is -0.261. The molecule has 0 aliphatic heterocycles. The van der Waals surface area contributed by atoms with Crippen molar-refractivity contribution in [2.45, 2.75) is 52.2 Å². The van der Waals surface area contributed by atoms with Gasteiger partial charge in [-0.05, 0) is 84.3 Å². The molecule has 0 radical (unpaired) electrons. The van der Waals surface area contributed by atoms with Crippen molar-refractivity contribution in [3.8, 4) is 5.75 Å². The van der Waals surface area contributed by atoms with Gasteiger partial charge in [-0.25, -0.2) is 4.39 Å². The van der Waals surface area contributed by atoms with Crippen molar-refractivity contribution in [1.82, 2.24) is 10.2 Å². The number of amides is 2. The Morgan fingerprint density at radius 3 is 2.27 bits per heavy atom. The highest BCUT2D eigenvalue weighted by atomic mass is 127. The SMILES string of the molecule is CC[C@@H](C)NC(=O)[C@@H](CC)N(Cc1ccc(F)cc1)C(=O)COc1ccc(I)cc1. The summed E-state index contributed by atoms with van der Waals surface area (Å²) in [5.41, 5.74) is 0.744. The number of rotatable bonds is 10. The van der Waals surface area contributed by atoms with Gasteiger partial charge in [-0.15, -0.1) is 0 Å². The molecular formula is C23H28FIN2O3. The van der Waals surface area contributed by atoms with Crippen LogP contribution in [0.15, 0.2) is 48.5 Å². The molecule has 0 heterocycles. The van der Waals surface area contributed by atoms with Crippen molar-refractivity contribution < 1.29 is 18.7 Å². The molecular weight excluding hydrogens is 498 g/mol. The molecule has 2 atom stereocenters. The Labute approximate surface area is 191 Å². The second kappa shape index (κ2) is 11.9. The van der Waals surface area contributed by atoms with Gasteiger partial charge in [0.2, 0.25) is 5.91 Å². The summed E-state index contributed by atoms with van der Waals surface area (Å²) in [5, 5.41) is 2.96. The summed E-state index contributed by atoms with van der Waals surface area (Å²) >= 11 is 2.19. The Morgan fingerprint density at radius 2 is 1.70 bits per heavy atom. The lowest BCUT2D eigenvalue weighted by Crippen LogP contribution is -2.51. The van der Waals surface area contributed by atoms with Gasteiger partial charge in [0.05, 0.1) is 0 Å². The van der Waals surface area contributed by atoms with E-state index in [9.17, 15) is 14.0 Å². The lowest BCUT2D eigenvalue weighted by Gasteiger charge is -2.31. The molecule has 5 nitrogen and oxygen atoms in total. The highest BCUT2D eigenvalue weighted by Gasteiger charge is 2.29. The van der Waals surface area contributed by atoms with Crippen LogP contribution in [-0.4, -0.2) is 35.4 Å². The molecule has 2 aromatic carbocycles. The Balaban J connectivity index is 2.19. The first-order chi connectivity index (χ1) is 14.3. The predicted molar refractivity (Wildman–Crippen MR) is 124 cm³/mol. The second-order valence-corrected chi connectivity index (χ2v) is 8.38. The molecule has 162 valence electrons. The second-order valence-electron chi connectivity index (χ2n) is 7.13. The van der Waals surface area contributed by atoms with E-state index in [-0.39, 0.29) is 36.8 Å². The molecule has 2 aromatic rings. The predicted octanol–water partition coefficient (Wildman–Crippen LogP) is 4.53. The van der Waals surface area contributed by atoms with Crippen molar-refractivity contribution in [2.24, 2.45) is 0 Å². The first-order valence-electron chi connectivity index (χ1n) is 10.1. The smallest absolute Gasteiger partial charge is 0.261 e. The summed E-state index contributed by atoms with van der Waals surface area (Å²) in [7, 11) is 0. The van der Waals surface area contributed by atoms with E-state index < -0.39 is 6.04 Å². The molecule has 1 N–H and O–H groups in total. The summed E-state index contributed by atoms with van der Waals surface area (Å²) in [4.78, 5) is 27.4. The largest absolute Gasteiger partial charge is 0.484 e. The van der Waals surface area contributed by atoms with Gasteiger partial charge in [-0.2, -0.15) is 0 Å². The standard InChI is InChI=1S/C23H28FIN2O3/c1-4-16(3)26-23(29)21(5-2)27(14-17-6-8-18(24)9-7-17)22(28)15-30-20-12-10-19(25)11-13-20/h6-13,16,21H,4-5,14-15H2,1-3H3,(H,26,29)/t16-,21-/m1/s1. The number of ether oxygens (including phenoxy) is 1. The number of nitrogens with zero attached hydrogens (tertiary/aromatic N) is 1. The Morgan fingerprint density at radius 1 is 1.07 bits per heavy atom. The molecule has 2 amide bonds. The molecule has 7 heteroatoms. The Kier molecular flexibility index (Phi) is 9.55. The molecule has 0 bridgehead atoms. The van der Waals surface area contributed by atoms with Gasteiger partial charge in [-0.1, -0.05) is 26.0 Å². The topological polar surface area (TPSA) is 58.6 Å². The highest BCUT2D eigenvalue weighted by molar-refractivity contribution is 14.1. The average molecular weight is 526 g/mol. The molecule has 0 aliphatic rings. The van der Waals surface area contributed by atoms with Crippen LogP contribution in [0.5, 0.6) is 5.75 Å². The third-order valence-electron chi connectivity index (χ3n) is 4.83. The Hall–Kier alpha value is -2.16. The maximum absolute atomic E-state index is 13.3. The van der Waals surface area contributed by atoms with Crippen molar-refractivity contribution in [3.05, 3.63) is 63.5 Å². The molecule has 0 spiro atoms. The van der Waals surface area contributed by atoms with Gasteiger partial charge >= 0.3 is 0 Å². The van der Waals surface area contributed by atoms with E-state index in [0.29, 0.717) is 12.2 Å². The molecule has 0 aromatic heterocycles. The van der Waals surface area contributed by atoms with Crippen LogP contribution in [0.4, 0.5) is 4.39 Å². The van der Waals surface area contributed by atoms with Crippen molar-refractivity contribution in [1.29, 1.82) is 0 Å². The van der Waals surface area contributed by atoms with Crippen LogP contribution in [0.1, 0.15) is 39.2 Å². The fourth-order valence-corrected chi connectivity index (χ4v) is 3.27. The van der Waals surface area contributed by atoms with Gasteiger partial charge in [-0.3, -0.25) is 9.59 Å². The molecule has 0 aliphatic carbocycles. The van der Waals surface area contributed by atoms with Crippen molar-refractivity contribution in [3.63, 3.8) is 0 Å². The fourth-order valence-electron chi connectivity index (χ4n) is 2.91. The number of benzene rings is 2. The van der Waals surface area contributed by atoms with E-state index >= 15 is 0 Å². The minimum atomic E-state index is -0.642. The lowest BCUT2D eigenvalue weighted by atomic mass is 10.1. The fraction of sp³-hybridized carbons (Fsp3) is 0.391. The van der Waals surface area contributed by atoms with Crippen LogP contribution in [0.2, 0.25) is 0 Å². The molecule has 0 saturated heterocycles. The van der Waals surface area contributed by atoms with Crippen LogP contribution >= 0.6 is 22.6 Å². The van der Waals surface area contributed by atoms with Crippen LogP contribution < -0.4 is 10.1 Å². The highest BCUT2D eigenvalue weighted by Crippen LogP contribution is 2.16. The van der Waals surface area contributed by atoms with Gasteiger partial charge in [0, 0.05) is 16.2 Å². The minimum absolute atomic E-state index is 0.0114. The normalized spacial score (nSPS) is 12.7. The molecule has 0 unspecified atom stereocenters. The van der Waals surface area contributed by atoms with E-state index in [1.807, 2.05) is 32.9 Å². The number of nitrogens with one attached hydrogen (secondary N) is 1. The van der Waals surface area contributed by atoms with Crippen LogP contribution in [-0.2, 0) is 16.1 Å². The third-order valence-corrected chi connectivity index (χ3v) is 5.55. The van der Waals surface area contributed by atoms with E-state index in [1.165, 1.54) is 17.0 Å². The van der Waals surface area contributed by atoms with E-state index in [4.69, 9.17) is 4.74 Å². The number of hydrogen-bond donors (Lipinski definition) is 1. The van der Waals surface area contributed by atoms with Gasteiger partial charge in [0.25, 0.3) is 5.91 Å². The number of carbonyl (C=O) groups is 2. The summed E-state index contributed by atoms with van der Waals surface area (Å²) < 4.78 is 20.0. The summed E-state index contributed by atoms with van der Waals surface area (Å²) in [6, 6.07) is 12.7. The van der Waals surface area contributed by atoms with Gasteiger partial charge < -0.3 is 15.0 Å². The van der Waals surface area contributed by atoms with E-state index in [1.54, 1.807) is 24.3 Å². The van der Waals surface area contributed by atoms with E-state index in [2.05, 4.69) is 27.9 Å². The van der Waals surface area contributed by atoms with E-state index in [0.717, 1.165) is 15.6 Å². The lowest BCUT2D eigenvalue weighted by molar-refractivity contribution is -0.143. The minimum Gasteiger partial charge on any atom is -0.484 e. The van der Waals surface area contributed by atoms with Crippen molar-refractivity contribution >= 4 is 34.4 Å². The van der Waals surface area contributed by atoms with Gasteiger partial charge in [0.15, 0.2) is 6.61 Å². The first-order valence-corrected chi connectivity index (χ1v) is 11.1. The Bertz CT molecular complexity index is 827. The zero-order chi connectivity index (χ0) is 22.1. The van der Waals surface area contributed by atoms with Crippen LogP contribution in [0.25, 0.3) is 0 Å². The number of carbonyl (C=O) groups excluding carboxylic acids is 2. The zero-order valence-corrected chi connectivity index (χ0v) is 19.7. The summed E-state index contributed by atoms with van der Waals surface area (Å²) in [6.07, 6.45) is 1.25.